The molecule has 0 fully saturated rings. The molecule has 0 saturated carbocycles. The topological polar surface area (TPSA) is 38.7 Å². The van der Waals surface area contributed by atoms with E-state index in [4.69, 9.17) is 4.74 Å². The van der Waals surface area contributed by atoms with Gasteiger partial charge in [-0.15, -0.1) is 0 Å². The Bertz CT molecular complexity index is 406. The minimum atomic E-state index is -1.69. The molecule has 0 amide bonds. The van der Waals surface area contributed by atoms with E-state index in [0.717, 1.165) is 5.56 Å². The van der Waals surface area contributed by atoms with Crippen LogP contribution in [-0.2, 0) is 11.3 Å². The molecule has 0 aromatic heterocycles. The van der Waals surface area contributed by atoms with Crippen LogP contribution in [0, 0.1) is 5.92 Å². The summed E-state index contributed by atoms with van der Waals surface area (Å²) >= 11 is 0. The van der Waals surface area contributed by atoms with E-state index in [2.05, 4.69) is 4.99 Å². The summed E-state index contributed by atoms with van der Waals surface area (Å²) in [4.78, 5) is 13.4. The number of nitrogens with zero attached hydrogens (tertiary/aromatic N) is 1. The maximum absolute atomic E-state index is 13.9. The van der Waals surface area contributed by atoms with Crippen LogP contribution in [0.2, 0.25) is 0 Å². The summed E-state index contributed by atoms with van der Waals surface area (Å²) in [5.74, 6) is -1.47. The van der Waals surface area contributed by atoms with Crippen LogP contribution in [0.3, 0.4) is 0 Å². The fraction of sp³-hybridized carbons (Fsp3) is 0.462. The molecule has 0 aliphatic rings. The average Bonchev–Trinajstić information content (AvgIpc) is 2.27. The maximum atomic E-state index is 13.9. The predicted octanol–water partition coefficient (Wildman–Crippen LogP) is 3.24. The highest BCUT2D eigenvalue weighted by Crippen LogP contribution is 2.26. The molecule has 0 radical (unpaired) electrons. The molecule has 0 saturated heterocycles. The SMILES string of the molecule is CC(C)C(C)(F)Oc1ccc(CN=C=O)cc1. The highest BCUT2D eigenvalue weighted by atomic mass is 19.2. The van der Waals surface area contributed by atoms with Gasteiger partial charge in [0.1, 0.15) is 5.75 Å². The zero-order chi connectivity index (χ0) is 12.9. The van der Waals surface area contributed by atoms with Crippen LogP contribution < -0.4 is 4.74 Å². The number of rotatable bonds is 5. The van der Waals surface area contributed by atoms with E-state index >= 15 is 0 Å². The van der Waals surface area contributed by atoms with E-state index in [1.807, 2.05) is 0 Å². The smallest absolute Gasteiger partial charge is 0.247 e. The quantitative estimate of drug-likeness (QED) is 0.582. The Morgan fingerprint density at radius 1 is 1.41 bits per heavy atom. The number of halogens is 1. The number of ether oxygens (including phenoxy) is 1. The van der Waals surface area contributed by atoms with Crippen molar-refractivity contribution in [3.8, 4) is 5.75 Å². The first-order valence-corrected chi connectivity index (χ1v) is 5.46. The molecule has 0 aliphatic heterocycles. The lowest BCUT2D eigenvalue weighted by molar-refractivity contribution is -0.0832. The number of hydrogen-bond donors (Lipinski definition) is 0. The molecule has 92 valence electrons. The van der Waals surface area contributed by atoms with E-state index in [1.165, 1.54) is 13.0 Å². The van der Waals surface area contributed by atoms with Crippen molar-refractivity contribution < 1.29 is 13.9 Å². The summed E-state index contributed by atoms with van der Waals surface area (Å²) < 4.78 is 19.2. The second kappa shape index (κ2) is 5.60. The maximum Gasteiger partial charge on any atom is 0.247 e. The summed E-state index contributed by atoms with van der Waals surface area (Å²) in [7, 11) is 0. The average molecular weight is 237 g/mol. The molecule has 1 atom stereocenters. The van der Waals surface area contributed by atoms with Crippen molar-refractivity contribution in [2.75, 3.05) is 0 Å². The number of benzene rings is 1. The third kappa shape index (κ3) is 4.00. The normalized spacial score (nSPS) is 13.9. The second-order valence-electron chi connectivity index (χ2n) is 4.29. The molecule has 1 rings (SSSR count). The van der Waals surface area contributed by atoms with Gasteiger partial charge in [0.25, 0.3) is 0 Å². The lowest BCUT2D eigenvalue weighted by Crippen LogP contribution is -2.32. The van der Waals surface area contributed by atoms with Crippen molar-refractivity contribution >= 4 is 6.08 Å². The third-order valence-electron chi connectivity index (χ3n) is 2.60. The summed E-state index contributed by atoms with van der Waals surface area (Å²) in [5.41, 5.74) is 0.853. The van der Waals surface area contributed by atoms with Gasteiger partial charge >= 0.3 is 0 Å². The molecule has 1 unspecified atom stereocenters. The van der Waals surface area contributed by atoms with Gasteiger partial charge in [-0.05, 0) is 17.7 Å². The first-order chi connectivity index (χ1) is 7.95. The number of isocyanates is 1. The first-order valence-electron chi connectivity index (χ1n) is 5.46. The number of hydrogen-bond acceptors (Lipinski definition) is 3. The van der Waals surface area contributed by atoms with Gasteiger partial charge in [0.2, 0.25) is 11.9 Å². The zero-order valence-electron chi connectivity index (χ0n) is 10.2. The molecule has 4 heteroatoms. The largest absolute Gasteiger partial charge is 0.458 e. The van der Waals surface area contributed by atoms with Gasteiger partial charge in [0.05, 0.1) is 6.54 Å². The molecular formula is C13H16FNO2. The van der Waals surface area contributed by atoms with Crippen LogP contribution in [0.4, 0.5) is 4.39 Å². The van der Waals surface area contributed by atoms with E-state index in [0.29, 0.717) is 5.75 Å². The van der Waals surface area contributed by atoms with E-state index in [-0.39, 0.29) is 12.5 Å². The number of carbonyl (C=O) groups excluding carboxylic acids is 1. The molecule has 0 heterocycles. The highest BCUT2D eigenvalue weighted by molar-refractivity contribution is 5.34. The van der Waals surface area contributed by atoms with Gasteiger partial charge in [-0.3, -0.25) is 0 Å². The Hall–Kier alpha value is -1.67. The van der Waals surface area contributed by atoms with Crippen molar-refractivity contribution in [1.29, 1.82) is 0 Å². The Morgan fingerprint density at radius 3 is 2.47 bits per heavy atom. The fourth-order valence-corrected chi connectivity index (χ4v) is 1.13. The van der Waals surface area contributed by atoms with Crippen LogP contribution in [0.1, 0.15) is 26.3 Å². The van der Waals surface area contributed by atoms with Gasteiger partial charge in [-0.1, -0.05) is 26.0 Å². The third-order valence-corrected chi connectivity index (χ3v) is 2.60. The molecule has 3 nitrogen and oxygen atoms in total. The van der Waals surface area contributed by atoms with Gasteiger partial charge < -0.3 is 4.74 Å². The highest BCUT2D eigenvalue weighted by Gasteiger charge is 2.29. The van der Waals surface area contributed by atoms with Crippen LogP contribution in [0.15, 0.2) is 29.3 Å². The lowest BCUT2D eigenvalue weighted by Gasteiger charge is -2.25. The van der Waals surface area contributed by atoms with Crippen LogP contribution in [0.5, 0.6) is 5.75 Å². The van der Waals surface area contributed by atoms with Crippen molar-refractivity contribution in [1.82, 2.24) is 0 Å². The number of alkyl halides is 1. The van der Waals surface area contributed by atoms with Gasteiger partial charge in [0, 0.05) is 12.8 Å². The standard InChI is InChI=1S/C13H16FNO2/c1-10(2)13(3,14)17-12-6-4-11(5-7-12)8-15-9-16/h4-7,10H,8H2,1-3H3. The van der Waals surface area contributed by atoms with Crippen LogP contribution in [-0.4, -0.2) is 11.9 Å². The molecule has 0 bridgehead atoms. The lowest BCUT2D eigenvalue weighted by atomic mass is 10.1. The summed E-state index contributed by atoms with van der Waals surface area (Å²) in [6.45, 7) is 5.20. The van der Waals surface area contributed by atoms with Crippen molar-refractivity contribution in [2.45, 2.75) is 33.2 Å². The van der Waals surface area contributed by atoms with E-state index in [9.17, 15) is 9.18 Å². The zero-order valence-corrected chi connectivity index (χ0v) is 10.2. The molecule has 1 aromatic carbocycles. The fourth-order valence-electron chi connectivity index (χ4n) is 1.13. The van der Waals surface area contributed by atoms with Gasteiger partial charge in [-0.2, -0.15) is 4.39 Å². The van der Waals surface area contributed by atoms with Gasteiger partial charge in [0.15, 0.2) is 0 Å². The van der Waals surface area contributed by atoms with Crippen LogP contribution in [0.25, 0.3) is 0 Å². The first kappa shape index (κ1) is 13.4. The van der Waals surface area contributed by atoms with E-state index < -0.39 is 5.85 Å². The second-order valence-corrected chi connectivity index (χ2v) is 4.29. The summed E-state index contributed by atoms with van der Waals surface area (Å²) in [6, 6.07) is 6.81. The molecule has 17 heavy (non-hydrogen) atoms. The summed E-state index contributed by atoms with van der Waals surface area (Å²) in [5, 5.41) is 0. The van der Waals surface area contributed by atoms with Crippen LogP contribution >= 0.6 is 0 Å². The molecule has 0 N–H and O–H groups in total. The van der Waals surface area contributed by atoms with Crippen molar-refractivity contribution in [3.63, 3.8) is 0 Å². The molecule has 0 spiro atoms. The minimum absolute atomic E-state index is 0.234. The van der Waals surface area contributed by atoms with Gasteiger partial charge in [-0.25, -0.2) is 9.79 Å². The Labute approximate surface area is 100 Å². The Balaban J connectivity index is 2.71. The Kier molecular flexibility index (Phi) is 4.41. The van der Waals surface area contributed by atoms with Crippen molar-refractivity contribution in [3.05, 3.63) is 29.8 Å². The molecular weight excluding hydrogens is 221 g/mol. The Morgan fingerprint density at radius 2 is 2.00 bits per heavy atom. The summed E-state index contributed by atoms with van der Waals surface area (Å²) in [6.07, 6.45) is 1.47. The van der Waals surface area contributed by atoms with E-state index in [1.54, 1.807) is 38.1 Å². The number of aliphatic imine (C=N–C) groups is 1. The minimum Gasteiger partial charge on any atom is -0.458 e. The molecule has 0 aliphatic carbocycles. The molecule has 1 aromatic rings. The monoisotopic (exact) mass is 237 g/mol. The predicted molar refractivity (Wildman–Crippen MR) is 63.2 cm³/mol. The van der Waals surface area contributed by atoms with Crippen molar-refractivity contribution in [2.24, 2.45) is 10.9 Å².